The third kappa shape index (κ3) is 41.4. The number of rotatable bonds is 42. The highest BCUT2D eigenvalue weighted by atomic mass is 16.3. The Kier molecular flexibility index (Phi) is 43.4. The molecule has 0 spiro atoms. The lowest BCUT2D eigenvalue weighted by Crippen LogP contribution is -2.45. The van der Waals surface area contributed by atoms with Gasteiger partial charge in [-0.15, -0.1) is 0 Å². The summed E-state index contributed by atoms with van der Waals surface area (Å²) in [5, 5.41) is 23.0. The summed E-state index contributed by atoms with van der Waals surface area (Å²) in [5.41, 5.74) is 0. The van der Waals surface area contributed by atoms with Crippen LogP contribution >= 0.6 is 0 Å². The van der Waals surface area contributed by atoms with Crippen molar-refractivity contribution >= 4 is 5.91 Å². The molecule has 0 bridgehead atoms. The van der Waals surface area contributed by atoms with Gasteiger partial charge in [-0.2, -0.15) is 0 Å². The molecule has 310 valence electrons. The van der Waals surface area contributed by atoms with E-state index < -0.39 is 12.1 Å². The van der Waals surface area contributed by atoms with E-state index in [4.69, 9.17) is 0 Å². The molecule has 3 N–H and O–H groups in total. The predicted octanol–water partition coefficient (Wildman–Crippen LogP) is 14.7. The molecule has 0 rings (SSSR count). The standard InChI is InChI=1S/C49H91NO3/c1-3-5-7-9-11-13-14-15-16-17-18-19-20-21-22-23-24-25-26-27-28-29-30-31-32-33-34-35-36-37-39-41-43-45-49(53)50-47(46-51)48(52)44-42-40-38-12-10-8-6-4-2/h5,7,11,13,15-16,18-19,47-48,51-52H,3-4,6,8-10,12,14,17,20-46H2,1-2H3,(H,50,53)/b7-5-,13-11-,16-15-,19-18-. The zero-order valence-electron chi connectivity index (χ0n) is 35.5. The van der Waals surface area contributed by atoms with Gasteiger partial charge in [-0.05, 0) is 51.4 Å². The molecule has 4 heteroatoms. The van der Waals surface area contributed by atoms with Gasteiger partial charge in [-0.25, -0.2) is 0 Å². The maximum Gasteiger partial charge on any atom is 0.220 e. The average Bonchev–Trinajstić information content (AvgIpc) is 3.16. The molecule has 1 amide bonds. The van der Waals surface area contributed by atoms with E-state index in [0.29, 0.717) is 12.8 Å². The number of carbonyl (C=O) groups excluding carboxylic acids is 1. The van der Waals surface area contributed by atoms with Crippen molar-refractivity contribution in [2.45, 2.75) is 251 Å². The van der Waals surface area contributed by atoms with Crippen molar-refractivity contribution in [1.29, 1.82) is 0 Å². The van der Waals surface area contributed by atoms with Crippen molar-refractivity contribution in [3.63, 3.8) is 0 Å². The minimum absolute atomic E-state index is 0.0330. The predicted molar refractivity (Wildman–Crippen MR) is 235 cm³/mol. The number of hydrogen-bond acceptors (Lipinski definition) is 3. The molecule has 2 unspecified atom stereocenters. The van der Waals surface area contributed by atoms with E-state index in [1.54, 1.807) is 0 Å². The zero-order chi connectivity index (χ0) is 38.6. The van der Waals surface area contributed by atoms with E-state index in [9.17, 15) is 15.0 Å². The first-order valence-electron chi connectivity index (χ1n) is 23.3. The van der Waals surface area contributed by atoms with Crippen molar-refractivity contribution in [3.05, 3.63) is 48.6 Å². The van der Waals surface area contributed by atoms with Crippen LogP contribution in [-0.4, -0.2) is 34.9 Å². The molecule has 0 fully saturated rings. The largest absolute Gasteiger partial charge is 0.394 e. The Morgan fingerprint density at radius 1 is 0.472 bits per heavy atom. The number of allylic oxidation sites excluding steroid dienone is 8. The monoisotopic (exact) mass is 742 g/mol. The van der Waals surface area contributed by atoms with Gasteiger partial charge in [-0.1, -0.05) is 229 Å². The van der Waals surface area contributed by atoms with Gasteiger partial charge in [-0.3, -0.25) is 4.79 Å². The van der Waals surface area contributed by atoms with E-state index in [0.717, 1.165) is 51.4 Å². The number of aliphatic hydroxyl groups is 2. The van der Waals surface area contributed by atoms with Gasteiger partial charge < -0.3 is 15.5 Å². The third-order valence-corrected chi connectivity index (χ3v) is 10.6. The van der Waals surface area contributed by atoms with E-state index in [-0.39, 0.29) is 12.5 Å². The molecular formula is C49H91NO3. The molecule has 0 aromatic carbocycles. The van der Waals surface area contributed by atoms with Crippen molar-refractivity contribution in [2.24, 2.45) is 0 Å². The molecule has 0 saturated heterocycles. The maximum absolute atomic E-state index is 12.4. The first-order chi connectivity index (χ1) is 26.2. The molecule has 0 aromatic rings. The second-order valence-corrected chi connectivity index (χ2v) is 15.8. The summed E-state index contributed by atoms with van der Waals surface area (Å²) in [4.78, 5) is 12.4. The van der Waals surface area contributed by atoms with Crippen LogP contribution in [0.25, 0.3) is 0 Å². The average molecular weight is 742 g/mol. The smallest absolute Gasteiger partial charge is 0.220 e. The molecular weight excluding hydrogens is 651 g/mol. The molecule has 2 atom stereocenters. The van der Waals surface area contributed by atoms with E-state index in [1.807, 2.05) is 0 Å². The van der Waals surface area contributed by atoms with Crippen LogP contribution in [0, 0.1) is 0 Å². The topological polar surface area (TPSA) is 69.6 Å². The maximum atomic E-state index is 12.4. The molecule has 53 heavy (non-hydrogen) atoms. The van der Waals surface area contributed by atoms with Gasteiger partial charge in [0.25, 0.3) is 0 Å². The Morgan fingerprint density at radius 3 is 1.25 bits per heavy atom. The summed E-state index contributed by atoms with van der Waals surface area (Å²) in [7, 11) is 0. The third-order valence-electron chi connectivity index (χ3n) is 10.6. The van der Waals surface area contributed by atoms with Crippen molar-refractivity contribution in [3.8, 4) is 0 Å². The molecule has 0 heterocycles. The highest BCUT2D eigenvalue weighted by Gasteiger charge is 2.20. The Bertz CT molecular complexity index is 847. The fourth-order valence-electron chi connectivity index (χ4n) is 7.06. The van der Waals surface area contributed by atoms with Crippen LogP contribution in [-0.2, 0) is 4.79 Å². The lowest BCUT2D eigenvalue weighted by molar-refractivity contribution is -0.123. The Morgan fingerprint density at radius 2 is 0.830 bits per heavy atom. The highest BCUT2D eigenvalue weighted by Crippen LogP contribution is 2.16. The quantitative estimate of drug-likeness (QED) is 0.0431. The Hall–Kier alpha value is -1.65. The number of nitrogens with one attached hydrogen (secondary N) is 1. The highest BCUT2D eigenvalue weighted by molar-refractivity contribution is 5.76. The number of aliphatic hydroxyl groups excluding tert-OH is 2. The number of hydrogen-bond donors (Lipinski definition) is 3. The molecule has 0 radical (unpaired) electrons. The van der Waals surface area contributed by atoms with Crippen LogP contribution in [0.5, 0.6) is 0 Å². The number of unbranched alkanes of at least 4 members (excludes halogenated alkanes) is 27. The van der Waals surface area contributed by atoms with Crippen LogP contribution in [0.1, 0.15) is 239 Å². The molecule has 0 aromatic heterocycles. The zero-order valence-corrected chi connectivity index (χ0v) is 35.5. The van der Waals surface area contributed by atoms with E-state index >= 15 is 0 Å². The minimum atomic E-state index is -0.655. The summed E-state index contributed by atoms with van der Waals surface area (Å²) < 4.78 is 0. The van der Waals surface area contributed by atoms with Crippen LogP contribution < -0.4 is 5.32 Å². The SMILES string of the molecule is CC/C=C\C/C=C\C/C=C\C/C=C\CCCCCCCCCCCCCCCCCCCCCCC(=O)NC(CO)C(O)CCCCCCCCCC. The summed E-state index contributed by atoms with van der Waals surface area (Å²) in [6.45, 7) is 4.22. The molecule has 0 aliphatic carbocycles. The first-order valence-corrected chi connectivity index (χ1v) is 23.3. The van der Waals surface area contributed by atoms with Gasteiger partial charge in [0, 0.05) is 6.42 Å². The molecule has 4 nitrogen and oxygen atoms in total. The van der Waals surface area contributed by atoms with Gasteiger partial charge >= 0.3 is 0 Å². The lowest BCUT2D eigenvalue weighted by Gasteiger charge is -2.22. The van der Waals surface area contributed by atoms with Gasteiger partial charge in [0.05, 0.1) is 18.8 Å². The normalized spacial score (nSPS) is 13.4. The molecule has 0 aliphatic heterocycles. The second-order valence-electron chi connectivity index (χ2n) is 15.8. The van der Waals surface area contributed by atoms with E-state index in [2.05, 4.69) is 67.8 Å². The number of amides is 1. The Labute approximate surface area is 331 Å². The van der Waals surface area contributed by atoms with Crippen molar-refractivity contribution in [1.82, 2.24) is 5.32 Å². The number of carbonyl (C=O) groups is 1. The fourth-order valence-corrected chi connectivity index (χ4v) is 7.06. The van der Waals surface area contributed by atoms with Gasteiger partial charge in [0.15, 0.2) is 0 Å². The van der Waals surface area contributed by atoms with Crippen LogP contribution in [0.3, 0.4) is 0 Å². The summed E-state index contributed by atoms with van der Waals surface area (Å²) in [6, 6.07) is -0.532. The summed E-state index contributed by atoms with van der Waals surface area (Å²) in [6.07, 6.45) is 60.8. The fraction of sp³-hybridized carbons (Fsp3) is 0.816. The molecule has 0 saturated carbocycles. The first kappa shape index (κ1) is 51.4. The van der Waals surface area contributed by atoms with Crippen LogP contribution in [0.15, 0.2) is 48.6 Å². The Balaban J connectivity index is 3.39. The van der Waals surface area contributed by atoms with Crippen molar-refractivity contribution in [2.75, 3.05) is 6.61 Å². The van der Waals surface area contributed by atoms with Crippen LogP contribution in [0.4, 0.5) is 0 Å². The lowest BCUT2D eigenvalue weighted by atomic mass is 10.0. The van der Waals surface area contributed by atoms with Gasteiger partial charge in [0.2, 0.25) is 5.91 Å². The minimum Gasteiger partial charge on any atom is -0.394 e. The summed E-state index contributed by atoms with van der Waals surface area (Å²) >= 11 is 0. The van der Waals surface area contributed by atoms with Crippen molar-refractivity contribution < 1.29 is 15.0 Å². The molecule has 0 aliphatic rings. The second kappa shape index (κ2) is 44.7. The van der Waals surface area contributed by atoms with Crippen LogP contribution in [0.2, 0.25) is 0 Å². The summed E-state index contributed by atoms with van der Waals surface area (Å²) in [5.74, 6) is -0.0330. The van der Waals surface area contributed by atoms with Gasteiger partial charge in [0.1, 0.15) is 0 Å². The van der Waals surface area contributed by atoms with E-state index in [1.165, 1.54) is 161 Å².